The van der Waals surface area contributed by atoms with E-state index in [2.05, 4.69) is 10.0 Å². The minimum absolute atomic E-state index is 0.0302. The molecule has 28 heavy (non-hydrogen) atoms. The maximum Gasteiger partial charge on any atom is 0.241 e. The third-order valence-electron chi connectivity index (χ3n) is 3.61. The lowest BCUT2D eigenvalue weighted by atomic mass is 10.1. The third-order valence-corrected chi connectivity index (χ3v) is 5.37. The molecule has 0 bridgehead atoms. The Morgan fingerprint density at radius 1 is 1.00 bits per heavy atom. The van der Waals surface area contributed by atoms with Crippen LogP contribution in [0.3, 0.4) is 0 Å². The standard InChI is InChI=1S/C20H23FN2O4S/c1-20(2,3)23-28(26,27)17-6-4-5-16(13-17)22-19(25)12-11-18(24)14-7-9-15(21)10-8-14/h4-10,13,23H,11-12H2,1-3H3,(H,22,25). The second-order valence-corrected chi connectivity index (χ2v) is 9.04. The first-order valence-corrected chi connectivity index (χ1v) is 10.2. The lowest BCUT2D eigenvalue weighted by molar-refractivity contribution is -0.116. The fraction of sp³-hybridized carbons (Fsp3) is 0.300. The van der Waals surface area contributed by atoms with Crippen LogP contribution in [0.2, 0.25) is 0 Å². The van der Waals surface area contributed by atoms with Crippen LogP contribution in [0.25, 0.3) is 0 Å². The van der Waals surface area contributed by atoms with Crippen molar-refractivity contribution in [2.75, 3.05) is 5.32 Å². The van der Waals surface area contributed by atoms with Crippen molar-refractivity contribution in [1.82, 2.24) is 4.72 Å². The lowest BCUT2D eigenvalue weighted by Crippen LogP contribution is -2.40. The number of rotatable bonds is 7. The molecule has 0 aliphatic heterocycles. The number of amides is 1. The van der Waals surface area contributed by atoms with Crippen molar-refractivity contribution < 1.29 is 22.4 Å². The number of carbonyl (C=O) groups excluding carboxylic acids is 2. The molecule has 0 fully saturated rings. The first-order chi connectivity index (χ1) is 13.0. The second kappa shape index (κ2) is 8.62. The Hall–Kier alpha value is -2.58. The normalized spacial score (nSPS) is 11.9. The quantitative estimate of drug-likeness (QED) is 0.689. The Bertz CT molecular complexity index is 964. The van der Waals surface area contributed by atoms with Crippen molar-refractivity contribution in [2.45, 2.75) is 44.0 Å². The van der Waals surface area contributed by atoms with Crippen LogP contribution in [0.4, 0.5) is 10.1 Å². The molecule has 2 aromatic rings. The van der Waals surface area contributed by atoms with E-state index in [1.165, 1.54) is 42.5 Å². The highest BCUT2D eigenvalue weighted by molar-refractivity contribution is 7.89. The maximum atomic E-state index is 12.9. The molecule has 2 N–H and O–H groups in total. The molecule has 1 amide bonds. The van der Waals surface area contributed by atoms with Crippen LogP contribution in [0, 0.1) is 5.82 Å². The zero-order valence-corrected chi connectivity index (χ0v) is 16.8. The predicted octanol–water partition coefficient (Wildman–Crippen LogP) is 3.50. The molecule has 150 valence electrons. The highest BCUT2D eigenvalue weighted by Gasteiger charge is 2.22. The van der Waals surface area contributed by atoms with Crippen molar-refractivity contribution in [3.05, 3.63) is 59.9 Å². The molecule has 0 radical (unpaired) electrons. The summed E-state index contributed by atoms with van der Waals surface area (Å²) in [5, 5.41) is 2.59. The van der Waals surface area contributed by atoms with E-state index in [9.17, 15) is 22.4 Å². The van der Waals surface area contributed by atoms with Gasteiger partial charge in [-0.25, -0.2) is 17.5 Å². The molecule has 0 spiro atoms. The molecule has 0 atom stereocenters. The maximum absolute atomic E-state index is 12.9. The van der Waals surface area contributed by atoms with Gasteiger partial charge in [0.1, 0.15) is 5.82 Å². The number of benzene rings is 2. The van der Waals surface area contributed by atoms with Gasteiger partial charge in [0.15, 0.2) is 5.78 Å². The lowest BCUT2D eigenvalue weighted by Gasteiger charge is -2.20. The van der Waals surface area contributed by atoms with E-state index in [0.717, 1.165) is 0 Å². The van der Waals surface area contributed by atoms with Gasteiger partial charge in [-0.15, -0.1) is 0 Å². The molecule has 0 aliphatic carbocycles. The van der Waals surface area contributed by atoms with Crippen LogP contribution in [-0.2, 0) is 14.8 Å². The Balaban J connectivity index is 1.99. The van der Waals surface area contributed by atoms with Crippen LogP contribution in [0.1, 0.15) is 44.0 Å². The summed E-state index contributed by atoms with van der Waals surface area (Å²) in [6.45, 7) is 5.19. The Morgan fingerprint density at radius 3 is 2.25 bits per heavy atom. The number of sulfonamides is 1. The Kier molecular flexibility index (Phi) is 6.69. The highest BCUT2D eigenvalue weighted by Crippen LogP contribution is 2.18. The van der Waals surface area contributed by atoms with Crippen LogP contribution in [0.5, 0.6) is 0 Å². The number of anilines is 1. The molecule has 0 heterocycles. The molecular formula is C20H23FN2O4S. The van der Waals surface area contributed by atoms with Gasteiger partial charge >= 0.3 is 0 Å². The first-order valence-electron chi connectivity index (χ1n) is 8.69. The van der Waals surface area contributed by atoms with E-state index in [4.69, 9.17) is 0 Å². The fourth-order valence-corrected chi connectivity index (χ4v) is 3.90. The molecular weight excluding hydrogens is 383 g/mol. The van der Waals surface area contributed by atoms with Crippen molar-refractivity contribution in [1.29, 1.82) is 0 Å². The van der Waals surface area contributed by atoms with Crippen molar-refractivity contribution in [3.63, 3.8) is 0 Å². The topological polar surface area (TPSA) is 92.3 Å². The molecule has 8 heteroatoms. The van der Waals surface area contributed by atoms with E-state index < -0.39 is 27.3 Å². The molecule has 0 saturated heterocycles. The second-order valence-electron chi connectivity index (χ2n) is 7.36. The van der Waals surface area contributed by atoms with Crippen molar-refractivity contribution in [2.24, 2.45) is 0 Å². The minimum Gasteiger partial charge on any atom is -0.326 e. The molecule has 2 rings (SSSR count). The zero-order chi connectivity index (χ0) is 20.9. The highest BCUT2D eigenvalue weighted by atomic mass is 32.2. The predicted molar refractivity (Wildman–Crippen MR) is 105 cm³/mol. The molecule has 2 aromatic carbocycles. The molecule has 0 unspecified atom stereocenters. The largest absolute Gasteiger partial charge is 0.326 e. The summed E-state index contributed by atoms with van der Waals surface area (Å²) >= 11 is 0. The Labute approximate surface area is 164 Å². The number of ketones is 1. The number of hydrogen-bond donors (Lipinski definition) is 2. The van der Waals surface area contributed by atoms with Crippen molar-refractivity contribution >= 4 is 27.4 Å². The van der Waals surface area contributed by atoms with Gasteiger partial charge in [0, 0.05) is 29.6 Å². The summed E-state index contributed by atoms with van der Waals surface area (Å²) in [4.78, 5) is 24.2. The van der Waals surface area contributed by atoms with Gasteiger partial charge in [-0.1, -0.05) is 6.07 Å². The number of halogens is 1. The fourth-order valence-electron chi connectivity index (χ4n) is 2.43. The van der Waals surface area contributed by atoms with Gasteiger partial charge in [0.05, 0.1) is 4.90 Å². The Morgan fingerprint density at radius 2 is 1.64 bits per heavy atom. The number of Topliss-reactive ketones (excluding diaryl/α,β-unsaturated/α-hetero) is 1. The average Bonchev–Trinajstić information content (AvgIpc) is 2.58. The van der Waals surface area contributed by atoms with Gasteiger partial charge in [-0.3, -0.25) is 9.59 Å². The summed E-state index contributed by atoms with van der Waals surface area (Å²) in [5.41, 5.74) is 0.00489. The van der Waals surface area contributed by atoms with E-state index in [1.807, 2.05) is 0 Å². The average molecular weight is 406 g/mol. The van der Waals surface area contributed by atoms with Crippen LogP contribution < -0.4 is 10.0 Å². The molecule has 0 aliphatic rings. The van der Waals surface area contributed by atoms with E-state index in [-0.39, 0.29) is 23.5 Å². The number of hydrogen-bond acceptors (Lipinski definition) is 4. The molecule has 0 aromatic heterocycles. The third kappa shape index (κ3) is 6.54. The minimum atomic E-state index is -3.73. The van der Waals surface area contributed by atoms with E-state index in [0.29, 0.717) is 11.3 Å². The summed E-state index contributed by atoms with van der Waals surface area (Å²) in [5.74, 6) is -1.14. The van der Waals surface area contributed by atoms with E-state index >= 15 is 0 Å². The summed E-state index contributed by atoms with van der Waals surface area (Å²) in [6.07, 6.45) is -0.117. The molecule has 0 saturated carbocycles. The van der Waals surface area contributed by atoms with Gasteiger partial charge in [0.25, 0.3) is 0 Å². The smallest absolute Gasteiger partial charge is 0.241 e. The van der Waals surface area contributed by atoms with E-state index in [1.54, 1.807) is 26.8 Å². The van der Waals surface area contributed by atoms with Gasteiger partial charge < -0.3 is 5.32 Å². The SMILES string of the molecule is CC(C)(C)NS(=O)(=O)c1cccc(NC(=O)CCC(=O)c2ccc(F)cc2)c1. The zero-order valence-electron chi connectivity index (χ0n) is 16.0. The van der Waals surface area contributed by atoms with Crippen LogP contribution in [-0.4, -0.2) is 25.6 Å². The number of carbonyl (C=O) groups is 2. The van der Waals surface area contributed by atoms with Gasteiger partial charge in [0.2, 0.25) is 15.9 Å². The summed E-state index contributed by atoms with van der Waals surface area (Å²) in [7, 11) is -3.73. The van der Waals surface area contributed by atoms with Gasteiger partial charge in [-0.2, -0.15) is 0 Å². The monoisotopic (exact) mass is 406 g/mol. The summed E-state index contributed by atoms with van der Waals surface area (Å²) < 4.78 is 40.2. The van der Waals surface area contributed by atoms with Gasteiger partial charge in [-0.05, 0) is 63.2 Å². The molecule has 6 nitrogen and oxygen atoms in total. The van der Waals surface area contributed by atoms with Crippen molar-refractivity contribution in [3.8, 4) is 0 Å². The first kappa shape index (κ1) is 21.7. The van der Waals surface area contributed by atoms with Crippen LogP contribution in [0.15, 0.2) is 53.4 Å². The van der Waals surface area contributed by atoms with Crippen LogP contribution >= 0.6 is 0 Å². The summed E-state index contributed by atoms with van der Waals surface area (Å²) in [6, 6.07) is 11.0. The number of nitrogens with one attached hydrogen (secondary N) is 2.